The van der Waals surface area contributed by atoms with E-state index in [1.54, 1.807) is 12.1 Å². The smallest absolute Gasteiger partial charge is 0.251 e. The summed E-state index contributed by atoms with van der Waals surface area (Å²) in [7, 11) is 0. The van der Waals surface area contributed by atoms with Gasteiger partial charge in [0.15, 0.2) is 5.84 Å². The topological polar surface area (TPSA) is 87.7 Å². The first-order chi connectivity index (χ1) is 8.08. The lowest BCUT2D eigenvalue weighted by Crippen LogP contribution is -2.44. The second kappa shape index (κ2) is 5.89. The Labute approximate surface area is 100 Å². The Morgan fingerprint density at radius 1 is 1.59 bits per heavy atom. The first-order valence-electron chi connectivity index (χ1n) is 5.43. The highest BCUT2D eigenvalue weighted by atomic mass is 16.4. The van der Waals surface area contributed by atoms with Gasteiger partial charge < -0.3 is 16.3 Å². The zero-order chi connectivity index (χ0) is 12.8. The molecule has 17 heavy (non-hydrogen) atoms. The van der Waals surface area contributed by atoms with E-state index in [-0.39, 0.29) is 11.7 Å². The fourth-order valence-electron chi connectivity index (χ4n) is 1.48. The number of aryl methyl sites for hydroxylation is 1. The van der Waals surface area contributed by atoms with Crippen LogP contribution in [0.15, 0.2) is 29.4 Å². The maximum atomic E-state index is 11.9. The van der Waals surface area contributed by atoms with Gasteiger partial charge in [0.25, 0.3) is 5.91 Å². The maximum Gasteiger partial charge on any atom is 0.251 e. The maximum absolute atomic E-state index is 11.9. The number of nitrogens with zero attached hydrogens (tertiary/aromatic N) is 1. The van der Waals surface area contributed by atoms with Crippen molar-refractivity contribution in [3.05, 3.63) is 35.4 Å². The van der Waals surface area contributed by atoms with Crippen molar-refractivity contribution in [1.29, 1.82) is 0 Å². The summed E-state index contributed by atoms with van der Waals surface area (Å²) < 4.78 is 0. The largest absolute Gasteiger partial charge is 0.409 e. The molecule has 0 aliphatic rings. The number of benzene rings is 1. The molecule has 1 rings (SSSR count). The fourth-order valence-corrected chi connectivity index (χ4v) is 1.48. The van der Waals surface area contributed by atoms with E-state index >= 15 is 0 Å². The summed E-state index contributed by atoms with van der Waals surface area (Å²) in [5.41, 5.74) is 7.04. The standard InChI is InChI=1S/C12H17N3O2/c1-3-10(11(13)15-17)14-12(16)9-6-4-5-8(2)7-9/h4-7,10,17H,3H2,1-2H3,(H2,13,15)(H,14,16). The van der Waals surface area contributed by atoms with Gasteiger partial charge in [-0.05, 0) is 25.5 Å². The Balaban J connectivity index is 2.78. The van der Waals surface area contributed by atoms with Crippen LogP contribution in [0, 0.1) is 6.92 Å². The number of nitrogens with one attached hydrogen (secondary N) is 1. The van der Waals surface area contributed by atoms with Gasteiger partial charge in [-0.1, -0.05) is 29.8 Å². The molecular formula is C12H17N3O2. The van der Waals surface area contributed by atoms with Crippen molar-refractivity contribution in [2.24, 2.45) is 10.9 Å². The third kappa shape index (κ3) is 3.48. The predicted molar refractivity (Wildman–Crippen MR) is 66.1 cm³/mol. The van der Waals surface area contributed by atoms with Crippen molar-refractivity contribution in [2.45, 2.75) is 26.3 Å². The van der Waals surface area contributed by atoms with Crippen LogP contribution in [-0.2, 0) is 0 Å². The number of amides is 1. The molecule has 0 saturated heterocycles. The van der Waals surface area contributed by atoms with Crippen LogP contribution in [0.5, 0.6) is 0 Å². The molecule has 1 unspecified atom stereocenters. The minimum Gasteiger partial charge on any atom is -0.409 e. The van der Waals surface area contributed by atoms with Gasteiger partial charge >= 0.3 is 0 Å². The zero-order valence-electron chi connectivity index (χ0n) is 9.97. The highest BCUT2D eigenvalue weighted by Crippen LogP contribution is 2.04. The SMILES string of the molecule is CCC(NC(=O)c1cccc(C)c1)/C(N)=N/O. The highest BCUT2D eigenvalue weighted by molar-refractivity contribution is 5.98. The Morgan fingerprint density at radius 3 is 2.82 bits per heavy atom. The van der Waals surface area contributed by atoms with Crippen LogP contribution in [0.2, 0.25) is 0 Å². The van der Waals surface area contributed by atoms with Gasteiger partial charge in [-0.3, -0.25) is 4.79 Å². The van der Waals surface area contributed by atoms with Crippen molar-refractivity contribution in [3.63, 3.8) is 0 Å². The molecule has 92 valence electrons. The molecule has 0 radical (unpaired) electrons. The average Bonchev–Trinajstić information content (AvgIpc) is 2.34. The van der Waals surface area contributed by atoms with Crippen LogP contribution in [-0.4, -0.2) is 23.0 Å². The lowest BCUT2D eigenvalue weighted by Gasteiger charge is -2.15. The third-order valence-electron chi connectivity index (χ3n) is 2.47. The molecule has 0 spiro atoms. The molecule has 1 aromatic rings. The lowest BCUT2D eigenvalue weighted by atomic mass is 10.1. The van der Waals surface area contributed by atoms with E-state index in [0.29, 0.717) is 12.0 Å². The summed E-state index contributed by atoms with van der Waals surface area (Å²) >= 11 is 0. The molecule has 1 aromatic carbocycles. The lowest BCUT2D eigenvalue weighted by molar-refractivity contribution is 0.0945. The molecule has 5 nitrogen and oxygen atoms in total. The van der Waals surface area contributed by atoms with Gasteiger partial charge in [0.2, 0.25) is 0 Å². The van der Waals surface area contributed by atoms with Crippen molar-refractivity contribution >= 4 is 11.7 Å². The predicted octanol–water partition coefficient (Wildman–Crippen LogP) is 1.25. The van der Waals surface area contributed by atoms with E-state index in [9.17, 15) is 4.79 Å². The summed E-state index contributed by atoms with van der Waals surface area (Å²) in [5, 5.41) is 14.2. The molecule has 0 saturated carbocycles. The van der Waals surface area contributed by atoms with Crippen molar-refractivity contribution in [3.8, 4) is 0 Å². The van der Waals surface area contributed by atoms with Crippen molar-refractivity contribution in [1.82, 2.24) is 5.32 Å². The van der Waals surface area contributed by atoms with Gasteiger partial charge in [-0.15, -0.1) is 0 Å². The van der Waals surface area contributed by atoms with Crippen molar-refractivity contribution < 1.29 is 10.0 Å². The van der Waals surface area contributed by atoms with Gasteiger partial charge in [-0.25, -0.2) is 0 Å². The molecule has 0 aliphatic heterocycles. The second-order valence-corrected chi connectivity index (χ2v) is 3.83. The molecule has 1 atom stereocenters. The Bertz CT molecular complexity index is 430. The number of hydrogen-bond acceptors (Lipinski definition) is 3. The van der Waals surface area contributed by atoms with E-state index in [4.69, 9.17) is 10.9 Å². The molecule has 4 N–H and O–H groups in total. The molecule has 0 heterocycles. The van der Waals surface area contributed by atoms with Crippen LogP contribution >= 0.6 is 0 Å². The Morgan fingerprint density at radius 2 is 2.29 bits per heavy atom. The van der Waals surface area contributed by atoms with Crippen LogP contribution in [0.3, 0.4) is 0 Å². The number of carbonyl (C=O) groups excluding carboxylic acids is 1. The number of oxime groups is 1. The third-order valence-corrected chi connectivity index (χ3v) is 2.47. The van der Waals surface area contributed by atoms with E-state index in [1.165, 1.54) is 0 Å². The van der Waals surface area contributed by atoms with E-state index in [1.807, 2.05) is 26.0 Å². The summed E-state index contributed by atoms with van der Waals surface area (Å²) in [6, 6.07) is 6.79. The minimum atomic E-state index is -0.451. The van der Waals surface area contributed by atoms with Gasteiger partial charge in [0.1, 0.15) is 0 Å². The minimum absolute atomic E-state index is 0.00787. The van der Waals surface area contributed by atoms with Crippen LogP contribution in [0.4, 0.5) is 0 Å². The van der Waals surface area contributed by atoms with Gasteiger partial charge in [-0.2, -0.15) is 0 Å². The van der Waals surface area contributed by atoms with E-state index < -0.39 is 6.04 Å². The summed E-state index contributed by atoms with van der Waals surface area (Å²) in [6.45, 7) is 3.76. The zero-order valence-corrected chi connectivity index (χ0v) is 9.97. The van der Waals surface area contributed by atoms with E-state index in [2.05, 4.69) is 10.5 Å². The summed E-state index contributed by atoms with van der Waals surface area (Å²) in [5.74, 6) is -0.222. The van der Waals surface area contributed by atoms with Gasteiger partial charge in [0, 0.05) is 5.56 Å². The number of rotatable bonds is 4. The molecule has 0 aromatic heterocycles. The number of hydrogen-bond donors (Lipinski definition) is 3. The average molecular weight is 235 g/mol. The number of carbonyl (C=O) groups is 1. The summed E-state index contributed by atoms with van der Waals surface area (Å²) in [6.07, 6.45) is 0.563. The molecule has 5 heteroatoms. The van der Waals surface area contributed by atoms with Gasteiger partial charge in [0.05, 0.1) is 6.04 Å². The monoisotopic (exact) mass is 235 g/mol. The molecule has 0 bridgehead atoms. The summed E-state index contributed by atoms with van der Waals surface area (Å²) in [4.78, 5) is 11.9. The second-order valence-electron chi connectivity index (χ2n) is 3.83. The molecular weight excluding hydrogens is 218 g/mol. The van der Waals surface area contributed by atoms with Crippen molar-refractivity contribution in [2.75, 3.05) is 0 Å². The normalized spacial score (nSPS) is 13.2. The molecule has 1 amide bonds. The molecule has 0 aliphatic carbocycles. The quantitative estimate of drug-likeness (QED) is 0.317. The van der Waals surface area contributed by atoms with Crippen LogP contribution in [0.25, 0.3) is 0 Å². The molecule has 0 fully saturated rings. The Hall–Kier alpha value is -2.04. The van der Waals surface area contributed by atoms with Crippen LogP contribution in [0.1, 0.15) is 29.3 Å². The Kier molecular flexibility index (Phi) is 4.51. The fraction of sp³-hybridized carbons (Fsp3) is 0.333. The number of amidine groups is 1. The first-order valence-corrected chi connectivity index (χ1v) is 5.43. The first kappa shape index (κ1) is 13.0. The van der Waals surface area contributed by atoms with E-state index in [0.717, 1.165) is 5.56 Å². The number of nitrogens with two attached hydrogens (primary N) is 1. The van der Waals surface area contributed by atoms with Crippen LogP contribution < -0.4 is 11.1 Å². The highest BCUT2D eigenvalue weighted by Gasteiger charge is 2.15.